The van der Waals surface area contributed by atoms with Crippen LogP contribution in [0.5, 0.6) is 0 Å². The number of nitrogens with one attached hydrogen (secondary N) is 2. The fraction of sp³-hybridized carbons (Fsp3) is 0.423. The summed E-state index contributed by atoms with van der Waals surface area (Å²) < 4.78 is 0. The van der Waals surface area contributed by atoms with Gasteiger partial charge in [-0.1, -0.05) is 18.2 Å². The molecule has 1 aromatic heterocycles. The van der Waals surface area contributed by atoms with Crippen molar-refractivity contribution in [3.63, 3.8) is 0 Å². The van der Waals surface area contributed by atoms with Crippen molar-refractivity contribution in [2.45, 2.75) is 39.3 Å². The number of hydrogen-bond donors (Lipinski definition) is 3. The second-order valence-electron chi connectivity index (χ2n) is 8.91. The molecule has 1 aromatic carbocycles. The van der Waals surface area contributed by atoms with Crippen LogP contribution in [0.1, 0.15) is 30.9 Å². The number of aromatic nitrogens is 1. The van der Waals surface area contributed by atoms with Crippen LogP contribution < -0.4 is 21.3 Å². The van der Waals surface area contributed by atoms with Crippen LogP contribution in [0.15, 0.2) is 45.8 Å². The number of nitrogens with zero attached hydrogens (tertiary/aromatic N) is 5. The van der Waals surface area contributed by atoms with E-state index in [1.807, 2.05) is 50.2 Å². The lowest BCUT2D eigenvalue weighted by atomic mass is 10.1. The van der Waals surface area contributed by atoms with E-state index < -0.39 is 5.91 Å². The summed E-state index contributed by atoms with van der Waals surface area (Å²) in [6.07, 6.45) is 3.37. The molecular weight excluding hydrogens is 456 g/mol. The Hall–Kier alpha value is -3.79. The number of carbonyl (C=O) groups is 2. The van der Waals surface area contributed by atoms with E-state index in [0.29, 0.717) is 13.1 Å². The molecule has 1 fully saturated rings. The first kappa shape index (κ1) is 26.8. The SMILES string of the molecule is C=N/C(N)=C(\N=C/C)C(=O)NCc1cc2cccc(C)c2nc1N(C)CCN(C)C(=O)[C@@H]1CCCN1. The predicted octanol–water partition coefficient (Wildman–Crippen LogP) is 1.73. The van der Waals surface area contributed by atoms with E-state index in [1.165, 1.54) is 6.21 Å². The molecule has 0 aliphatic carbocycles. The predicted molar refractivity (Wildman–Crippen MR) is 145 cm³/mol. The number of likely N-dealkylation sites (N-methyl/N-ethyl adjacent to an activating group) is 2. The molecule has 10 nitrogen and oxygen atoms in total. The summed E-state index contributed by atoms with van der Waals surface area (Å²) in [5, 5.41) is 7.11. The van der Waals surface area contributed by atoms with Crippen molar-refractivity contribution in [2.24, 2.45) is 15.7 Å². The smallest absolute Gasteiger partial charge is 0.273 e. The molecule has 2 heterocycles. The number of benzene rings is 1. The lowest BCUT2D eigenvalue weighted by Crippen LogP contribution is -2.44. The highest BCUT2D eigenvalue weighted by Gasteiger charge is 2.25. The zero-order valence-electron chi connectivity index (χ0n) is 21.5. The molecule has 1 saturated heterocycles. The second kappa shape index (κ2) is 12.3. The van der Waals surface area contributed by atoms with Gasteiger partial charge in [-0.05, 0) is 51.6 Å². The highest BCUT2D eigenvalue weighted by molar-refractivity contribution is 5.95. The number of aryl methyl sites for hydroxylation is 1. The van der Waals surface area contributed by atoms with E-state index in [9.17, 15) is 9.59 Å². The van der Waals surface area contributed by atoms with Crippen LogP contribution in [0.2, 0.25) is 0 Å². The summed E-state index contributed by atoms with van der Waals surface area (Å²) in [6.45, 7) is 9.32. The molecule has 3 rings (SSSR count). The number of carbonyl (C=O) groups excluding carboxylic acids is 2. The summed E-state index contributed by atoms with van der Waals surface area (Å²) in [5.41, 5.74) is 8.59. The highest BCUT2D eigenvalue weighted by Crippen LogP contribution is 2.25. The normalized spacial score (nSPS) is 16.2. The Kier molecular flexibility index (Phi) is 9.13. The largest absolute Gasteiger partial charge is 0.382 e. The van der Waals surface area contributed by atoms with Gasteiger partial charge in [-0.2, -0.15) is 0 Å². The molecule has 0 saturated carbocycles. The van der Waals surface area contributed by atoms with Gasteiger partial charge in [-0.3, -0.25) is 14.6 Å². The number of aliphatic imine (C=N–C) groups is 2. The monoisotopic (exact) mass is 492 g/mol. The Morgan fingerprint density at radius 3 is 2.78 bits per heavy atom. The van der Waals surface area contributed by atoms with Crippen molar-refractivity contribution >= 4 is 41.5 Å². The molecule has 4 N–H and O–H groups in total. The maximum atomic E-state index is 12.8. The van der Waals surface area contributed by atoms with Gasteiger partial charge in [-0.15, -0.1) is 0 Å². The minimum absolute atomic E-state index is 0.00709. The lowest BCUT2D eigenvalue weighted by molar-refractivity contribution is -0.131. The number of para-hydroxylation sites is 1. The maximum Gasteiger partial charge on any atom is 0.273 e. The van der Waals surface area contributed by atoms with Gasteiger partial charge in [0.15, 0.2) is 11.5 Å². The zero-order valence-corrected chi connectivity index (χ0v) is 21.5. The first-order valence-corrected chi connectivity index (χ1v) is 12.1. The average molecular weight is 493 g/mol. The molecule has 2 amide bonds. The molecule has 1 atom stereocenters. The first-order valence-electron chi connectivity index (χ1n) is 12.1. The van der Waals surface area contributed by atoms with E-state index in [4.69, 9.17) is 10.7 Å². The Morgan fingerprint density at radius 2 is 2.11 bits per heavy atom. The lowest BCUT2D eigenvalue weighted by Gasteiger charge is -2.27. The Labute approximate surface area is 212 Å². The van der Waals surface area contributed by atoms with Crippen LogP contribution in [0.25, 0.3) is 10.9 Å². The minimum Gasteiger partial charge on any atom is -0.382 e. The number of nitrogens with two attached hydrogens (primary N) is 1. The van der Waals surface area contributed by atoms with Gasteiger partial charge in [-0.25, -0.2) is 9.98 Å². The summed E-state index contributed by atoms with van der Waals surface area (Å²) >= 11 is 0. The summed E-state index contributed by atoms with van der Waals surface area (Å²) in [4.78, 5) is 41.9. The van der Waals surface area contributed by atoms with Crippen LogP contribution >= 0.6 is 0 Å². The molecule has 36 heavy (non-hydrogen) atoms. The molecule has 2 aromatic rings. The highest BCUT2D eigenvalue weighted by atomic mass is 16.2. The Bertz CT molecular complexity index is 1180. The number of fused-ring (bicyclic) bond motifs is 1. The van der Waals surface area contributed by atoms with E-state index in [0.717, 1.165) is 47.2 Å². The van der Waals surface area contributed by atoms with Gasteiger partial charge >= 0.3 is 0 Å². The number of anilines is 1. The molecule has 0 bridgehead atoms. The number of hydrogen-bond acceptors (Lipinski definition) is 8. The number of pyridine rings is 1. The van der Waals surface area contributed by atoms with Gasteiger partial charge in [0.05, 0.1) is 11.6 Å². The van der Waals surface area contributed by atoms with E-state index in [2.05, 4.69) is 27.3 Å². The third kappa shape index (κ3) is 6.25. The van der Waals surface area contributed by atoms with Crippen molar-refractivity contribution in [2.75, 3.05) is 38.6 Å². The zero-order chi connectivity index (χ0) is 26.2. The quantitative estimate of drug-likeness (QED) is 0.342. The molecule has 0 unspecified atom stereocenters. The van der Waals surface area contributed by atoms with Crippen LogP contribution in [0.3, 0.4) is 0 Å². The summed E-state index contributed by atoms with van der Waals surface area (Å²) in [6, 6.07) is 7.93. The first-order chi connectivity index (χ1) is 17.3. The number of rotatable bonds is 10. The van der Waals surface area contributed by atoms with Crippen LogP contribution in [-0.4, -0.2) is 74.4 Å². The third-order valence-corrected chi connectivity index (χ3v) is 6.30. The molecular formula is C26H36N8O2. The second-order valence-corrected chi connectivity index (χ2v) is 8.91. The fourth-order valence-corrected chi connectivity index (χ4v) is 4.22. The Balaban J connectivity index is 1.83. The molecule has 0 spiro atoms. The fourth-order valence-electron chi connectivity index (χ4n) is 4.22. The molecule has 1 aliphatic rings. The standard InChI is InChI=1S/C26H36N8O2/c1-6-29-22(23(27)28-3)25(35)31-16-19-15-18-10-7-9-17(2)21(18)32-24(19)33(4)13-14-34(5)26(36)20-11-8-12-30-20/h6-7,9-10,15,20,30H,3,8,11-14,16,27H2,1-2,4-5H3,(H,31,35)/b23-22-,29-6-/t20-/m0/s1. The van der Waals surface area contributed by atoms with Gasteiger partial charge < -0.3 is 26.2 Å². The van der Waals surface area contributed by atoms with E-state index in [-0.39, 0.29) is 30.0 Å². The van der Waals surface area contributed by atoms with Crippen LogP contribution in [0.4, 0.5) is 5.82 Å². The minimum atomic E-state index is -0.453. The summed E-state index contributed by atoms with van der Waals surface area (Å²) in [5.74, 6) is 0.348. The average Bonchev–Trinajstić information content (AvgIpc) is 3.42. The third-order valence-electron chi connectivity index (χ3n) is 6.30. The molecule has 1 aliphatic heterocycles. The van der Waals surface area contributed by atoms with Gasteiger partial charge in [0, 0.05) is 50.9 Å². The summed E-state index contributed by atoms with van der Waals surface area (Å²) in [7, 11) is 3.77. The van der Waals surface area contributed by atoms with Crippen LogP contribution in [-0.2, 0) is 16.1 Å². The van der Waals surface area contributed by atoms with Crippen molar-refractivity contribution in [3.8, 4) is 0 Å². The van der Waals surface area contributed by atoms with E-state index >= 15 is 0 Å². The maximum absolute atomic E-state index is 12.8. The Morgan fingerprint density at radius 1 is 1.33 bits per heavy atom. The van der Waals surface area contributed by atoms with Crippen molar-refractivity contribution in [3.05, 3.63) is 46.9 Å². The van der Waals surface area contributed by atoms with Crippen LogP contribution in [0, 0.1) is 6.92 Å². The van der Waals surface area contributed by atoms with Crippen molar-refractivity contribution in [1.29, 1.82) is 0 Å². The van der Waals surface area contributed by atoms with Crippen molar-refractivity contribution < 1.29 is 9.59 Å². The number of amides is 2. The molecule has 0 radical (unpaired) electrons. The van der Waals surface area contributed by atoms with Gasteiger partial charge in [0.2, 0.25) is 5.91 Å². The van der Waals surface area contributed by atoms with Gasteiger partial charge in [0.1, 0.15) is 5.82 Å². The van der Waals surface area contributed by atoms with Crippen molar-refractivity contribution in [1.82, 2.24) is 20.5 Å². The molecule has 10 heteroatoms. The van der Waals surface area contributed by atoms with E-state index in [1.54, 1.807) is 11.8 Å². The topological polar surface area (TPSA) is 128 Å². The van der Waals surface area contributed by atoms with Gasteiger partial charge in [0.25, 0.3) is 5.91 Å². The molecule has 192 valence electrons.